The van der Waals surface area contributed by atoms with Crippen LogP contribution in [-0.2, 0) is 14.3 Å². The van der Waals surface area contributed by atoms with Gasteiger partial charge in [0.05, 0.1) is 25.4 Å². The third-order valence-corrected chi connectivity index (χ3v) is 11.0. The zero-order valence-electron chi connectivity index (χ0n) is 36.7. The number of nitrogens with one attached hydrogen (secondary N) is 1. The maximum Gasteiger partial charge on any atom is 0.305 e. The Morgan fingerprint density at radius 1 is 0.491 bits per heavy atom. The number of amides is 1. The third-order valence-electron chi connectivity index (χ3n) is 11.0. The molecular formula is C49H93NO5. The summed E-state index contributed by atoms with van der Waals surface area (Å²) in [5.74, 6) is -0.129. The van der Waals surface area contributed by atoms with Crippen LogP contribution in [0.4, 0.5) is 0 Å². The van der Waals surface area contributed by atoms with Gasteiger partial charge in [0.1, 0.15) is 0 Å². The third kappa shape index (κ3) is 41.8. The minimum Gasteiger partial charge on any atom is -0.466 e. The fourth-order valence-electron chi connectivity index (χ4n) is 7.21. The van der Waals surface area contributed by atoms with Crippen LogP contribution in [0.3, 0.4) is 0 Å². The Balaban J connectivity index is 3.56. The van der Waals surface area contributed by atoms with E-state index in [9.17, 15) is 19.8 Å². The molecule has 0 saturated carbocycles. The number of carbonyl (C=O) groups is 2. The van der Waals surface area contributed by atoms with E-state index in [0.29, 0.717) is 19.4 Å². The SMILES string of the molecule is CCCCCCCCCCCCCC/C=C/C(O)C(CO)NC(=O)CCCCCCC/C=C\CCCCOC(=O)CCCCCCCCCCCCCCC. The normalized spacial score (nSPS) is 12.9. The summed E-state index contributed by atoms with van der Waals surface area (Å²) in [6, 6.07) is -0.647. The van der Waals surface area contributed by atoms with Gasteiger partial charge in [-0.3, -0.25) is 9.59 Å². The molecular weight excluding hydrogens is 683 g/mol. The molecule has 0 bridgehead atoms. The Kier molecular flexibility index (Phi) is 43.7. The van der Waals surface area contributed by atoms with Crippen LogP contribution in [0.1, 0.15) is 251 Å². The largest absolute Gasteiger partial charge is 0.466 e. The average Bonchev–Trinajstić information content (AvgIpc) is 3.18. The number of esters is 1. The summed E-state index contributed by atoms with van der Waals surface area (Å²) in [4.78, 5) is 24.4. The molecule has 0 fully saturated rings. The number of ether oxygens (including phenoxy) is 1. The Labute approximate surface area is 341 Å². The van der Waals surface area contributed by atoms with Gasteiger partial charge in [0.25, 0.3) is 0 Å². The van der Waals surface area contributed by atoms with E-state index in [-0.39, 0.29) is 18.5 Å². The molecule has 1 amide bonds. The molecule has 0 radical (unpaired) electrons. The molecule has 0 aromatic heterocycles. The van der Waals surface area contributed by atoms with Gasteiger partial charge < -0.3 is 20.3 Å². The second kappa shape index (κ2) is 45.0. The summed E-state index contributed by atoms with van der Waals surface area (Å²) in [7, 11) is 0. The van der Waals surface area contributed by atoms with Crippen molar-refractivity contribution in [3.8, 4) is 0 Å². The summed E-state index contributed by atoms with van der Waals surface area (Å²) < 4.78 is 5.42. The van der Waals surface area contributed by atoms with E-state index in [2.05, 4.69) is 31.3 Å². The van der Waals surface area contributed by atoms with E-state index in [1.54, 1.807) is 6.08 Å². The van der Waals surface area contributed by atoms with Crippen molar-refractivity contribution in [2.75, 3.05) is 13.2 Å². The van der Waals surface area contributed by atoms with Gasteiger partial charge in [-0.2, -0.15) is 0 Å². The van der Waals surface area contributed by atoms with Gasteiger partial charge >= 0.3 is 5.97 Å². The highest BCUT2D eigenvalue weighted by Gasteiger charge is 2.18. The van der Waals surface area contributed by atoms with Crippen LogP contribution in [0.25, 0.3) is 0 Å². The molecule has 0 aliphatic carbocycles. The Morgan fingerprint density at radius 3 is 1.29 bits per heavy atom. The van der Waals surface area contributed by atoms with Gasteiger partial charge in [-0.15, -0.1) is 0 Å². The average molecular weight is 776 g/mol. The Hall–Kier alpha value is -1.66. The van der Waals surface area contributed by atoms with Crippen LogP contribution in [0, 0.1) is 0 Å². The highest BCUT2D eigenvalue weighted by Crippen LogP contribution is 2.15. The fourth-order valence-corrected chi connectivity index (χ4v) is 7.21. The summed E-state index contributed by atoms with van der Waals surface area (Å²) in [6.45, 7) is 4.81. The van der Waals surface area contributed by atoms with Crippen molar-refractivity contribution in [1.82, 2.24) is 5.32 Å². The Bertz CT molecular complexity index is 858. The molecule has 55 heavy (non-hydrogen) atoms. The van der Waals surface area contributed by atoms with E-state index < -0.39 is 12.1 Å². The Morgan fingerprint density at radius 2 is 0.855 bits per heavy atom. The number of unbranched alkanes of at least 4 members (excludes halogenated alkanes) is 31. The lowest BCUT2D eigenvalue weighted by molar-refractivity contribution is -0.143. The molecule has 0 aliphatic rings. The molecule has 0 aliphatic heterocycles. The first-order valence-electron chi connectivity index (χ1n) is 24.1. The first-order valence-corrected chi connectivity index (χ1v) is 24.1. The second-order valence-electron chi connectivity index (χ2n) is 16.4. The molecule has 0 aromatic carbocycles. The van der Waals surface area contributed by atoms with Gasteiger partial charge in [0, 0.05) is 12.8 Å². The molecule has 0 aromatic rings. The van der Waals surface area contributed by atoms with Crippen LogP contribution in [0.5, 0.6) is 0 Å². The predicted octanol–water partition coefficient (Wildman–Crippen LogP) is 14.0. The van der Waals surface area contributed by atoms with Crippen molar-refractivity contribution in [2.24, 2.45) is 0 Å². The van der Waals surface area contributed by atoms with Crippen LogP contribution in [-0.4, -0.2) is 47.4 Å². The maximum atomic E-state index is 12.4. The van der Waals surface area contributed by atoms with Gasteiger partial charge in [-0.25, -0.2) is 0 Å². The molecule has 324 valence electrons. The van der Waals surface area contributed by atoms with Gasteiger partial charge in [-0.1, -0.05) is 205 Å². The molecule has 3 N–H and O–H groups in total. The van der Waals surface area contributed by atoms with E-state index in [1.807, 2.05) is 6.08 Å². The van der Waals surface area contributed by atoms with Crippen molar-refractivity contribution >= 4 is 11.9 Å². The highest BCUT2D eigenvalue weighted by molar-refractivity contribution is 5.76. The van der Waals surface area contributed by atoms with Gasteiger partial charge in [0.15, 0.2) is 0 Å². The lowest BCUT2D eigenvalue weighted by atomic mass is 10.0. The smallest absolute Gasteiger partial charge is 0.305 e. The number of allylic oxidation sites excluding steroid dienone is 3. The maximum absolute atomic E-state index is 12.4. The highest BCUT2D eigenvalue weighted by atomic mass is 16.5. The van der Waals surface area contributed by atoms with Crippen molar-refractivity contribution < 1.29 is 24.5 Å². The van der Waals surface area contributed by atoms with Crippen molar-refractivity contribution in [1.29, 1.82) is 0 Å². The number of aliphatic hydroxyl groups excluding tert-OH is 2. The zero-order chi connectivity index (χ0) is 40.1. The summed E-state index contributed by atoms with van der Waals surface area (Å²) >= 11 is 0. The number of hydrogen-bond acceptors (Lipinski definition) is 5. The number of aliphatic hydroxyl groups is 2. The number of hydrogen-bond donors (Lipinski definition) is 3. The molecule has 0 saturated heterocycles. The van der Waals surface area contributed by atoms with Gasteiger partial charge in [-0.05, 0) is 57.8 Å². The summed E-state index contributed by atoms with van der Waals surface area (Å²) in [5, 5.41) is 23.0. The molecule has 6 heteroatoms. The number of rotatable bonds is 44. The molecule has 2 unspecified atom stereocenters. The lowest BCUT2D eigenvalue weighted by Gasteiger charge is -2.20. The summed E-state index contributed by atoms with van der Waals surface area (Å²) in [6.07, 6.45) is 51.7. The second-order valence-corrected chi connectivity index (χ2v) is 16.4. The van der Waals surface area contributed by atoms with Crippen molar-refractivity contribution in [3.63, 3.8) is 0 Å². The first kappa shape index (κ1) is 53.3. The molecule has 6 nitrogen and oxygen atoms in total. The van der Waals surface area contributed by atoms with E-state index in [0.717, 1.165) is 83.5 Å². The first-order chi connectivity index (χ1) is 27.0. The molecule has 0 spiro atoms. The van der Waals surface area contributed by atoms with E-state index >= 15 is 0 Å². The molecule has 0 heterocycles. The quantitative estimate of drug-likeness (QED) is 0.0325. The van der Waals surface area contributed by atoms with Crippen molar-refractivity contribution in [3.05, 3.63) is 24.3 Å². The minimum atomic E-state index is -0.861. The standard InChI is InChI=1S/C49H93NO5/c1-3-5-7-9-11-13-15-17-19-21-25-29-33-37-41-47(52)46(45-51)50-48(53)42-38-34-30-26-22-20-24-28-32-36-40-44-55-49(54)43-39-35-31-27-23-18-16-14-12-10-8-6-4-2/h24,28,37,41,46-47,51-52H,3-23,25-27,29-36,38-40,42-45H2,1-2H3,(H,50,53)/b28-24-,41-37+. The number of carbonyl (C=O) groups excluding carboxylic acids is 2. The molecule has 0 rings (SSSR count). The van der Waals surface area contributed by atoms with Crippen LogP contribution < -0.4 is 5.32 Å². The molecule has 2 atom stereocenters. The van der Waals surface area contributed by atoms with E-state index in [4.69, 9.17) is 4.74 Å². The summed E-state index contributed by atoms with van der Waals surface area (Å²) in [5.41, 5.74) is 0. The topological polar surface area (TPSA) is 95.9 Å². The van der Waals surface area contributed by atoms with E-state index in [1.165, 1.54) is 141 Å². The lowest BCUT2D eigenvalue weighted by Crippen LogP contribution is -2.45. The monoisotopic (exact) mass is 776 g/mol. The van der Waals surface area contributed by atoms with Crippen LogP contribution in [0.2, 0.25) is 0 Å². The minimum absolute atomic E-state index is 0.0320. The fraction of sp³-hybridized carbons (Fsp3) is 0.878. The van der Waals surface area contributed by atoms with Crippen LogP contribution >= 0.6 is 0 Å². The predicted molar refractivity (Wildman–Crippen MR) is 236 cm³/mol. The zero-order valence-corrected chi connectivity index (χ0v) is 36.7. The van der Waals surface area contributed by atoms with Crippen LogP contribution in [0.15, 0.2) is 24.3 Å². The van der Waals surface area contributed by atoms with Gasteiger partial charge in [0.2, 0.25) is 5.91 Å². The van der Waals surface area contributed by atoms with Crippen molar-refractivity contribution in [2.45, 2.75) is 264 Å².